The van der Waals surface area contributed by atoms with Gasteiger partial charge in [-0.05, 0) is 0 Å². The monoisotopic (exact) mass is 244 g/mol. The van der Waals surface area contributed by atoms with Crippen molar-refractivity contribution in [1.82, 2.24) is 10.2 Å². The molecule has 1 atom stereocenters. The number of rotatable bonds is 5. The fourth-order valence-corrected chi connectivity index (χ4v) is 1.34. The summed E-state index contributed by atoms with van der Waals surface area (Å²) in [5.74, 6) is -2.68. The summed E-state index contributed by atoms with van der Waals surface area (Å²) in [5.41, 5.74) is 0. The molecule has 3 amide bonds. The summed E-state index contributed by atoms with van der Waals surface area (Å²) < 4.78 is 4.53. The molecule has 1 aliphatic rings. The van der Waals surface area contributed by atoms with E-state index in [1.54, 1.807) is 0 Å². The van der Waals surface area contributed by atoms with Gasteiger partial charge in [-0.15, -0.1) is 0 Å². The number of nitrogens with zero attached hydrogens (tertiary/aromatic N) is 1. The number of carbonyl (C=O) groups excluding carboxylic acids is 3. The summed E-state index contributed by atoms with van der Waals surface area (Å²) in [4.78, 5) is 44.8. The van der Waals surface area contributed by atoms with Gasteiger partial charge in [-0.2, -0.15) is 0 Å². The fourth-order valence-electron chi connectivity index (χ4n) is 1.34. The van der Waals surface area contributed by atoms with Crippen LogP contribution in [0.25, 0.3) is 0 Å². The highest BCUT2D eigenvalue weighted by atomic mass is 16.5. The third-order valence-corrected chi connectivity index (χ3v) is 2.18. The second-order valence-electron chi connectivity index (χ2n) is 3.50. The van der Waals surface area contributed by atoms with Crippen molar-refractivity contribution in [2.24, 2.45) is 0 Å². The molecule has 17 heavy (non-hydrogen) atoms. The average molecular weight is 244 g/mol. The van der Waals surface area contributed by atoms with Gasteiger partial charge < -0.3 is 15.2 Å². The molecule has 0 radical (unpaired) electrons. The molecule has 0 bridgehead atoms. The van der Waals surface area contributed by atoms with Crippen molar-refractivity contribution in [3.05, 3.63) is 0 Å². The van der Waals surface area contributed by atoms with Gasteiger partial charge in [0.1, 0.15) is 19.3 Å². The standard InChI is InChI=1S/C9H12N2O6/c1-11-7(13)2-5(9(11)16)10-6(12)3-17-4-8(14)15/h5H,2-4H2,1H3,(H,10,12)(H,14,15). The number of hydrogen-bond acceptors (Lipinski definition) is 5. The highest BCUT2D eigenvalue weighted by molar-refractivity contribution is 6.06. The van der Waals surface area contributed by atoms with Crippen molar-refractivity contribution in [1.29, 1.82) is 0 Å². The number of likely N-dealkylation sites (tertiary alicyclic amines) is 1. The maximum absolute atomic E-state index is 11.4. The molecule has 1 saturated heterocycles. The van der Waals surface area contributed by atoms with Crippen molar-refractivity contribution >= 4 is 23.7 Å². The number of nitrogens with one attached hydrogen (secondary N) is 1. The van der Waals surface area contributed by atoms with E-state index in [-0.39, 0.29) is 12.3 Å². The van der Waals surface area contributed by atoms with Crippen molar-refractivity contribution in [2.45, 2.75) is 12.5 Å². The average Bonchev–Trinajstić information content (AvgIpc) is 2.46. The first-order valence-electron chi connectivity index (χ1n) is 4.81. The van der Waals surface area contributed by atoms with E-state index in [2.05, 4.69) is 10.1 Å². The van der Waals surface area contributed by atoms with Crippen LogP contribution in [-0.4, -0.2) is 60.0 Å². The summed E-state index contributed by atoms with van der Waals surface area (Å²) in [6.07, 6.45) is -0.0833. The Morgan fingerprint density at radius 3 is 2.59 bits per heavy atom. The number of ether oxygens (including phenoxy) is 1. The van der Waals surface area contributed by atoms with Crippen LogP contribution in [0, 0.1) is 0 Å². The van der Waals surface area contributed by atoms with E-state index in [4.69, 9.17) is 5.11 Å². The molecule has 8 nitrogen and oxygen atoms in total. The summed E-state index contributed by atoms with van der Waals surface area (Å²) in [7, 11) is 1.33. The van der Waals surface area contributed by atoms with Crippen LogP contribution in [0.4, 0.5) is 0 Å². The summed E-state index contributed by atoms with van der Waals surface area (Å²) in [5, 5.41) is 10.6. The molecule has 2 N–H and O–H groups in total. The quantitative estimate of drug-likeness (QED) is 0.539. The Hall–Kier alpha value is -1.96. The van der Waals surface area contributed by atoms with Crippen molar-refractivity contribution in [3.8, 4) is 0 Å². The van der Waals surface area contributed by atoms with E-state index >= 15 is 0 Å². The normalized spacial score (nSPS) is 19.6. The van der Waals surface area contributed by atoms with Crippen LogP contribution in [0.1, 0.15) is 6.42 Å². The minimum Gasteiger partial charge on any atom is -0.480 e. The second-order valence-corrected chi connectivity index (χ2v) is 3.50. The Kier molecular flexibility index (Phi) is 4.16. The van der Waals surface area contributed by atoms with Crippen LogP contribution in [-0.2, 0) is 23.9 Å². The van der Waals surface area contributed by atoms with E-state index in [9.17, 15) is 19.2 Å². The molecule has 0 saturated carbocycles. The largest absolute Gasteiger partial charge is 0.480 e. The number of amides is 3. The molecule has 0 aromatic carbocycles. The number of carbonyl (C=O) groups is 4. The van der Waals surface area contributed by atoms with Crippen LogP contribution in [0.3, 0.4) is 0 Å². The zero-order chi connectivity index (χ0) is 13.0. The van der Waals surface area contributed by atoms with Gasteiger partial charge in [0.15, 0.2) is 0 Å². The molecule has 0 aliphatic carbocycles. The third-order valence-electron chi connectivity index (χ3n) is 2.18. The Balaban J connectivity index is 2.35. The maximum atomic E-state index is 11.4. The van der Waals surface area contributed by atoms with Gasteiger partial charge in [-0.1, -0.05) is 0 Å². The van der Waals surface area contributed by atoms with Crippen molar-refractivity contribution in [3.63, 3.8) is 0 Å². The predicted molar refractivity (Wildman–Crippen MR) is 52.8 cm³/mol. The fraction of sp³-hybridized carbons (Fsp3) is 0.556. The van der Waals surface area contributed by atoms with Gasteiger partial charge in [0.05, 0.1) is 6.42 Å². The minimum atomic E-state index is -1.19. The number of carboxylic acid groups (broad SMARTS) is 1. The van der Waals surface area contributed by atoms with E-state index in [0.717, 1.165) is 4.90 Å². The SMILES string of the molecule is CN1C(=O)CC(NC(=O)COCC(=O)O)C1=O. The molecule has 94 valence electrons. The number of carboxylic acids is 1. The molecule has 1 unspecified atom stereocenters. The van der Waals surface area contributed by atoms with Crippen LogP contribution in [0.15, 0.2) is 0 Å². The summed E-state index contributed by atoms with van der Waals surface area (Å²) >= 11 is 0. The lowest BCUT2D eigenvalue weighted by Crippen LogP contribution is -2.42. The lowest BCUT2D eigenvalue weighted by Gasteiger charge is -2.10. The first kappa shape index (κ1) is 13.1. The van der Waals surface area contributed by atoms with Gasteiger partial charge in [0, 0.05) is 7.05 Å². The van der Waals surface area contributed by atoms with Gasteiger partial charge >= 0.3 is 5.97 Å². The zero-order valence-corrected chi connectivity index (χ0v) is 9.13. The van der Waals surface area contributed by atoms with E-state index < -0.39 is 37.0 Å². The Labute approximate surface area is 96.5 Å². The predicted octanol–water partition coefficient (Wildman–Crippen LogP) is -2.04. The second kappa shape index (κ2) is 5.39. The Morgan fingerprint density at radius 2 is 2.12 bits per heavy atom. The summed E-state index contributed by atoms with van der Waals surface area (Å²) in [6, 6.07) is -0.881. The first-order chi connectivity index (χ1) is 7.91. The van der Waals surface area contributed by atoms with Crippen LogP contribution < -0.4 is 5.32 Å². The number of aliphatic carboxylic acids is 1. The van der Waals surface area contributed by atoms with Gasteiger partial charge in [0.25, 0.3) is 5.91 Å². The highest BCUT2D eigenvalue weighted by Gasteiger charge is 2.36. The van der Waals surface area contributed by atoms with Crippen LogP contribution in [0.2, 0.25) is 0 Å². The maximum Gasteiger partial charge on any atom is 0.329 e. The van der Waals surface area contributed by atoms with E-state index in [1.807, 2.05) is 0 Å². The lowest BCUT2D eigenvalue weighted by molar-refractivity contribution is -0.144. The molecule has 1 fully saturated rings. The lowest BCUT2D eigenvalue weighted by atomic mass is 10.2. The van der Waals surface area contributed by atoms with Crippen molar-refractivity contribution < 1.29 is 29.0 Å². The summed E-state index contributed by atoms with van der Waals surface area (Å²) in [6.45, 7) is -1.06. The van der Waals surface area contributed by atoms with Crippen LogP contribution >= 0.6 is 0 Å². The number of hydrogen-bond donors (Lipinski definition) is 2. The van der Waals surface area contributed by atoms with Gasteiger partial charge in [-0.25, -0.2) is 4.79 Å². The molecular weight excluding hydrogens is 232 g/mol. The number of likely N-dealkylation sites (N-methyl/N-ethyl adjacent to an activating group) is 1. The Bertz CT molecular complexity index is 366. The molecule has 0 aromatic heterocycles. The molecule has 0 aromatic rings. The molecular formula is C9H12N2O6. The van der Waals surface area contributed by atoms with E-state index in [0.29, 0.717) is 0 Å². The topological polar surface area (TPSA) is 113 Å². The minimum absolute atomic E-state index is 0.0833. The van der Waals surface area contributed by atoms with Gasteiger partial charge in [-0.3, -0.25) is 19.3 Å². The molecule has 8 heteroatoms. The zero-order valence-electron chi connectivity index (χ0n) is 9.13. The van der Waals surface area contributed by atoms with E-state index in [1.165, 1.54) is 7.05 Å². The molecule has 1 aliphatic heterocycles. The first-order valence-corrected chi connectivity index (χ1v) is 4.81. The van der Waals surface area contributed by atoms with Gasteiger partial charge in [0.2, 0.25) is 11.8 Å². The molecule has 1 rings (SSSR count). The molecule has 1 heterocycles. The third kappa shape index (κ3) is 3.52. The highest BCUT2D eigenvalue weighted by Crippen LogP contribution is 2.10. The number of imide groups is 1. The van der Waals surface area contributed by atoms with Crippen molar-refractivity contribution in [2.75, 3.05) is 20.3 Å². The Morgan fingerprint density at radius 1 is 1.47 bits per heavy atom. The smallest absolute Gasteiger partial charge is 0.329 e. The molecule has 0 spiro atoms. The van der Waals surface area contributed by atoms with Crippen LogP contribution in [0.5, 0.6) is 0 Å².